The Morgan fingerprint density at radius 2 is 1.85 bits per heavy atom. The second kappa shape index (κ2) is 8.30. The minimum atomic E-state index is -0.359. The fourth-order valence-corrected chi connectivity index (χ4v) is 3.00. The third-order valence-electron chi connectivity index (χ3n) is 2.89. The number of hydrogen-bond acceptors (Lipinski definition) is 3. The fraction of sp³-hybridized carbons (Fsp3) is 0.462. The number of methoxy groups -OCH3 is 1. The fourth-order valence-electron chi connectivity index (χ4n) is 1.80. The van der Waals surface area contributed by atoms with Gasteiger partial charge in [-0.15, -0.1) is 0 Å². The van der Waals surface area contributed by atoms with Crippen molar-refractivity contribution in [3.63, 3.8) is 0 Å². The Kier molecular flexibility index (Phi) is 7.41. The van der Waals surface area contributed by atoms with Crippen LogP contribution in [-0.2, 0) is 9.53 Å². The zero-order valence-corrected chi connectivity index (χ0v) is 13.9. The molecule has 0 aromatic heterocycles. The van der Waals surface area contributed by atoms with Crippen molar-refractivity contribution >= 4 is 52.4 Å². The lowest BCUT2D eigenvalue weighted by Gasteiger charge is -2.17. The molecule has 1 rings (SSSR count). The summed E-state index contributed by atoms with van der Waals surface area (Å²) in [6.07, 6.45) is 2.44. The summed E-state index contributed by atoms with van der Waals surface area (Å²) < 4.78 is 4.56. The Morgan fingerprint density at radius 3 is 2.45 bits per heavy atom. The van der Waals surface area contributed by atoms with E-state index in [1.54, 1.807) is 0 Å². The maximum absolute atomic E-state index is 11.0. The molecule has 20 heavy (non-hydrogen) atoms. The molecule has 1 aromatic carbocycles. The molecule has 0 bridgehead atoms. The van der Waals surface area contributed by atoms with Crippen LogP contribution in [0.1, 0.15) is 37.3 Å². The number of esters is 1. The second-order valence-corrected chi connectivity index (χ2v) is 5.88. The van der Waals surface area contributed by atoms with Crippen molar-refractivity contribution in [3.8, 4) is 0 Å². The lowest BCUT2D eigenvalue weighted by atomic mass is 10.0. The molecule has 112 valence electrons. The van der Waals surface area contributed by atoms with Gasteiger partial charge in [0.05, 0.1) is 22.2 Å². The van der Waals surface area contributed by atoms with Crippen LogP contribution >= 0.6 is 46.4 Å². The van der Waals surface area contributed by atoms with Gasteiger partial charge in [0.15, 0.2) is 0 Å². The van der Waals surface area contributed by atoms with Crippen LogP contribution in [0.2, 0.25) is 20.1 Å². The highest BCUT2D eigenvalue weighted by Crippen LogP contribution is 2.40. The van der Waals surface area contributed by atoms with Gasteiger partial charge in [0.2, 0.25) is 0 Å². The number of ether oxygens (including phenoxy) is 1. The van der Waals surface area contributed by atoms with Crippen molar-refractivity contribution in [1.82, 2.24) is 0 Å². The summed E-state index contributed by atoms with van der Waals surface area (Å²) in [5.74, 6) is -0.232. The normalized spacial score (nSPS) is 12.3. The van der Waals surface area contributed by atoms with Crippen LogP contribution in [0.3, 0.4) is 0 Å². The number of hydrogen-bond donors (Lipinski definition) is 1. The summed E-state index contributed by atoms with van der Waals surface area (Å²) in [4.78, 5) is 11.0. The molecule has 2 N–H and O–H groups in total. The van der Waals surface area contributed by atoms with Crippen molar-refractivity contribution in [2.24, 2.45) is 5.73 Å². The molecule has 0 saturated carbocycles. The van der Waals surface area contributed by atoms with E-state index in [-0.39, 0.29) is 22.1 Å². The number of unbranched alkanes of at least 4 members (excludes halogenated alkanes) is 1. The number of carbonyl (C=O) groups excluding carboxylic acids is 1. The SMILES string of the molecule is COC(=O)CCCCC(N)c1c(Cl)cc(Cl)c(Cl)c1Cl. The molecule has 0 heterocycles. The van der Waals surface area contributed by atoms with Crippen molar-refractivity contribution in [2.75, 3.05) is 7.11 Å². The molecule has 1 unspecified atom stereocenters. The molecule has 0 spiro atoms. The van der Waals surface area contributed by atoms with Crippen LogP contribution in [0.15, 0.2) is 6.07 Å². The summed E-state index contributed by atoms with van der Waals surface area (Å²) in [6.45, 7) is 0. The van der Waals surface area contributed by atoms with Gasteiger partial charge in [-0.25, -0.2) is 0 Å². The van der Waals surface area contributed by atoms with Gasteiger partial charge < -0.3 is 10.5 Å². The summed E-state index contributed by atoms with van der Waals surface area (Å²) >= 11 is 24.1. The molecular weight excluding hydrogens is 344 g/mol. The molecule has 0 aliphatic rings. The molecule has 1 atom stereocenters. The molecule has 0 saturated heterocycles. The van der Waals surface area contributed by atoms with Crippen molar-refractivity contribution in [2.45, 2.75) is 31.7 Å². The Bertz CT molecular complexity index is 494. The van der Waals surface area contributed by atoms with Crippen molar-refractivity contribution < 1.29 is 9.53 Å². The summed E-state index contributed by atoms with van der Waals surface area (Å²) in [6, 6.07) is 1.17. The van der Waals surface area contributed by atoms with Gasteiger partial charge >= 0.3 is 5.97 Å². The number of nitrogens with two attached hydrogens (primary N) is 1. The van der Waals surface area contributed by atoms with Crippen LogP contribution in [-0.4, -0.2) is 13.1 Å². The van der Waals surface area contributed by atoms with E-state index < -0.39 is 0 Å². The number of halogens is 4. The predicted molar refractivity (Wildman–Crippen MR) is 83.9 cm³/mol. The van der Waals surface area contributed by atoms with Gasteiger partial charge in [0, 0.05) is 23.0 Å². The van der Waals surface area contributed by atoms with E-state index in [4.69, 9.17) is 52.1 Å². The summed E-state index contributed by atoms with van der Waals surface area (Å²) in [5, 5.41) is 1.22. The molecule has 0 aliphatic heterocycles. The van der Waals surface area contributed by atoms with Crippen LogP contribution in [0.4, 0.5) is 0 Å². The van der Waals surface area contributed by atoms with Crippen molar-refractivity contribution in [3.05, 3.63) is 31.7 Å². The Hall–Kier alpha value is -0.190. The molecule has 0 fully saturated rings. The molecule has 7 heteroatoms. The van der Waals surface area contributed by atoms with Crippen LogP contribution in [0.5, 0.6) is 0 Å². The zero-order chi connectivity index (χ0) is 15.3. The van der Waals surface area contributed by atoms with Gasteiger partial charge in [-0.1, -0.05) is 52.8 Å². The maximum Gasteiger partial charge on any atom is 0.305 e. The topological polar surface area (TPSA) is 52.3 Å². The first-order valence-corrected chi connectivity index (χ1v) is 7.55. The zero-order valence-electron chi connectivity index (χ0n) is 10.9. The first kappa shape index (κ1) is 17.9. The average Bonchev–Trinajstić information content (AvgIpc) is 2.40. The Labute approximate surface area is 138 Å². The van der Waals surface area contributed by atoms with E-state index in [0.29, 0.717) is 34.9 Å². The third kappa shape index (κ3) is 4.68. The van der Waals surface area contributed by atoms with Crippen molar-refractivity contribution in [1.29, 1.82) is 0 Å². The van der Waals surface area contributed by atoms with E-state index in [2.05, 4.69) is 4.74 Å². The van der Waals surface area contributed by atoms with Gasteiger partial charge in [0.25, 0.3) is 0 Å². The van der Waals surface area contributed by atoms with E-state index in [9.17, 15) is 4.79 Å². The first-order chi connectivity index (χ1) is 9.38. The standard InChI is InChI=1S/C13H15Cl4NO2/c1-20-10(19)5-3-2-4-9(18)11-7(14)6-8(15)12(16)13(11)17/h6,9H,2-5,18H2,1H3. The van der Waals surface area contributed by atoms with Crippen LogP contribution in [0.25, 0.3) is 0 Å². The van der Waals surface area contributed by atoms with Gasteiger partial charge in [0.1, 0.15) is 0 Å². The monoisotopic (exact) mass is 357 g/mol. The number of benzene rings is 1. The molecule has 0 amide bonds. The average molecular weight is 359 g/mol. The van der Waals surface area contributed by atoms with Gasteiger partial charge in [-0.05, 0) is 18.9 Å². The highest BCUT2D eigenvalue weighted by Gasteiger charge is 2.19. The molecule has 1 aromatic rings. The lowest BCUT2D eigenvalue weighted by molar-refractivity contribution is -0.140. The van der Waals surface area contributed by atoms with Crippen LogP contribution < -0.4 is 5.73 Å². The molecular formula is C13H15Cl4NO2. The first-order valence-electron chi connectivity index (χ1n) is 6.03. The summed E-state index contributed by atoms with van der Waals surface area (Å²) in [7, 11) is 1.36. The Morgan fingerprint density at radius 1 is 1.20 bits per heavy atom. The highest BCUT2D eigenvalue weighted by atomic mass is 35.5. The second-order valence-electron chi connectivity index (χ2n) is 4.31. The maximum atomic E-state index is 11.0. The Balaban J connectivity index is 2.66. The smallest absolute Gasteiger partial charge is 0.305 e. The van der Waals surface area contributed by atoms with Gasteiger partial charge in [-0.2, -0.15) is 0 Å². The van der Waals surface area contributed by atoms with E-state index in [0.717, 1.165) is 6.42 Å². The minimum Gasteiger partial charge on any atom is -0.469 e. The number of rotatable bonds is 6. The largest absolute Gasteiger partial charge is 0.469 e. The lowest BCUT2D eigenvalue weighted by Crippen LogP contribution is -2.12. The third-order valence-corrected chi connectivity index (χ3v) is 4.48. The van der Waals surface area contributed by atoms with Gasteiger partial charge in [-0.3, -0.25) is 4.79 Å². The molecule has 0 aliphatic carbocycles. The number of carbonyl (C=O) groups is 1. The minimum absolute atomic E-state index is 0.232. The van der Waals surface area contributed by atoms with E-state index in [1.807, 2.05) is 0 Å². The predicted octanol–water partition coefficient (Wildman–Crippen LogP) is 5.03. The quantitative estimate of drug-likeness (QED) is 0.335. The highest BCUT2D eigenvalue weighted by molar-refractivity contribution is 6.49. The van der Waals surface area contributed by atoms with Crippen LogP contribution in [0, 0.1) is 0 Å². The van der Waals surface area contributed by atoms with E-state index >= 15 is 0 Å². The molecule has 0 radical (unpaired) electrons. The molecule has 3 nitrogen and oxygen atoms in total. The summed E-state index contributed by atoms with van der Waals surface area (Å²) in [5.41, 5.74) is 6.66. The van der Waals surface area contributed by atoms with E-state index in [1.165, 1.54) is 13.2 Å².